The molecule has 0 spiro atoms. The van der Waals surface area contributed by atoms with Gasteiger partial charge in [-0.1, -0.05) is 11.6 Å². The van der Waals surface area contributed by atoms with Crippen LogP contribution in [0.3, 0.4) is 0 Å². The summed E-state index contributed by atoms with van der Waals surface area (Å²) in [5.41, 5.74) is -0.341. The van der Waals surface area contributed by atoms with Crippen LogP contribution in [0.1, 0.15) is 0 Å². The molecule has 0 fully saturated rings. The van der Waals surface area contributed by atoms with Gasteiger partial charge < -0.3 is 5.32 Å². The number of carbonyl (C=O) groups excluding carboxylic acids is 1. The summed E-state index contributed by atoms with van der Waals surface area (Å²) in [6.45, 7) is -0.592. The number of hydrogen-bond donors (Lipinski definition) is 1. The average molecular weight is 363 g/mol. The molecule has 122 valence electrons. The van der Waals surface area contributed by atoms with Crippen molar-refractivity contribution in [1.82, 2.24) is 9.78 Å². The Bertz CT molecular complexity index is 929. The number of anilines is 2. The zero-order valence-electron chi connectivity index (χ0n) is 11.5. The predicted octanol–water partition coefficient (Wildman–Crippen LogP) is 1.50. The quantitative estimate of drug-likeness (QED) is 0.877. The van der Waals surface area contributed by atoms with E-state index in [0.29, 0.717) is 10.4 Å². The van der Waals surface area contributed by atoms with Gasteiger partial charge in [0.2, 0.25) is 5.91 Å². The maximum absolute atomic E-state index is 13.5. The van der Waals surface area contributed by atoms with Gasteiger partial charge in [0, 0.05) is 19.2 Å². The van der Waals surface area contributed by atoms with Crippen molar-refractivity contribution in [3.8, 4) is 0 Å². The van der Waals surface area contributed by atoms with E-state index in [1.165, 1.54) is 7.05 Å². The minimum Gasteiger partial charge on any atom is -0.323 e. The Morgan fingerprint density at radius 2 is 1.96 bits per heavy atom. The Morgan fingerprint density at radius 1 is 1.30 bits per heavy atom. The maximum atomic E-state index is 13.5. The number of fused-ring (bicyclic) bond motifs is 1. The van der Waals surface area contributed by atoms with Gasteiger partial charge in [0.15, 0.2) is 11.6 Å². The van der Waals surface area contributed by atoms with E-state index >= 15 is 0 Å². The molecular formula is C12H9ClF2N4O3S. The van der Waals surface area contributed by atoms with Crippen LogP contribution in [0, 0.1) is 11.6 Å². The van der Waals surface area contributed by atoms with E-state index in [0.717, 1.165) is 16.9 Å². The Hall–Kier alpha value is -2.20. The van der Waals surface area contributed by atoms with E-state index < -0.39 is 34.1 Å². The number of aryl methyl sites for hydroxylation is 1. The molecule has 1 aliphatic rings. The zero-order valence-corrected chi connectivity index (χ0v) is 13.1. The highest BCUT2D eigenvalue weighted by molar-refractivity contribution is 7.93. The van der Waals surface area contributed by atoms with E-state index in [1.54, 1.807) is 0 Å². The zero-order chi connectivity index (χ0) is 16.9. The van der Waals surface area contributed by atoms with Crippen LogP contribution in [-0.4, -0.2) is 30.7 Å². The first-order valence-electron chi connectivity index (χ1n) is 6.21. The molecule has 0 bridgehead atoms. The predicted molar refractivity (Wildman–Crippen MR) is 77.7 cm³/mol. The lowest BCUT2D eigenvalue weighted by molar-refractivity contribution is -0.115. The van der Waals surface area contributed by atoms with Crippen molar-refractivity contribution < 1.29 is 22.0 Å². The smallest absolute Gasteiger partial charge is 0.269 e. The van der Waals surface area contributed by atoms with Gasteiger partial charge in [-0.2, -0.15) is 5.10 Å². The first kappa shape index (κ1) is 15.7. The van der Waals surface area contributed by atoms with Crippen molar-refractivity contribution in [2.75, 3.05) is 16.2 Å². The number of halogens is 3. The molecule has 0 radical (unpaired) electrons. The second-order valence-electron chi connectivity index (χ2n) is 4.77. The molecule has 7 nitrogen and oxygen atoms in total. The number of nitrogens with one attached hydrogen (secondary N) is 1. The van der Waals surface area contributed by atoms with Gasteiger partial charge in [-0.25, -0.2) is 17.2 Å². The fourth-order valence-electron chi connectivity index (χ4n) is 2.16. The highest BCUT2D eigenvalue weighted by Crippen LogP contribution is 2.36. The lowest BCUT2D eigenvalue weighted by Gasteiger charge is -2.29. The van der Waals surface area contributed by atoms with E-state index in [-0.39, 0.29) is 21.4 Å². The van der Waals surface area contributed by atoms with Gasteiger partial charge in [-0.15, -0.1) is 0 Å². The highest BCUT2D eigenvalue weighted by Gasteiger charge is 2.36. The Balaban J connectivity index is 2.19. The van der Waals surface area contributed by atoms with Gasteiger partial charge in [0.25, 0.3) is 10.0 Å². The molecule has 0 aliphatic carbocycles. The number of carbonyl (C=O) groups is 1. The van der Waals surface area contributed by atoms with E-state index in [9.17, 15) is 22.0 Å². The molecule has 0 saturated carbocycles. The number of amides is 1. The van der Waals surface area contributed by atoms with Gasteiger partial charge in [-0.05, 0) is 0 Å². The number of sulfonamides is 1. The van der Waals surface area contributed by atoms with Gasteiger partial charge in [0.05, 0.1) is 17.6 Å². The van der Waals surface area contributed by atoms with Crippen molar-refractivity contribution in [1.29, 1.82) is 0 Å². The maximum Gasteiger partial charge on any atom is 0.269 e. The van der Waals surface area contributed by atoms with Crippen molar-refractivity contribution in [2.45, 2.75) is 4.90 Å². The summed E-state index contributed by atoms with van der Waals surface area (Å²) in [5, 5.41) is 5.86. The third-order valence-electron chi connectivity index (χ3n) is 3.27. The van der Waals surface area contributed by atoms with Gasteiger partial charge in [-0.3, -0.25) is 13.8 Å². The topological polar surface area (TPSA) is 84.3 Å². The third-order valence-corrected chi connectivity index (χ3v) is 5.59. The minimum absolute atomic E-state index is 0.149. The first-order chi connectivity index (χ1) is 10.7. The molecule has 1 aromatic heterocycles. The normalized spacial score (nSPS) is 14.6. The van der Waals surface area contributed by atoms with Crippen molar-refractivity contribution >= 4 is 38.9 Å². The monoisotopic (exact) mass is 362 g/mol. The minimum atomic E-state index is -4.28. The van der Waals surface area contributed by atoms with Crippen molar-refractivity contribution in [2.24, 2.45) is 7.05 Å². The molecular weight excluding hydrogens is 354 g/mol. The molecule has 2 aromatic rings. The molecule has 1 amide bonds. The summed E-state index contributed by atoms with van der Waals surface area (Å²) in [6, 6.07) is 1.42. The molecule has 1 N–H and O–H groups in total. The molecule has 1 aliphatic heterocycles. The molecule has 0 unspecified atom stereocenters. The Morgan fingerprint density at radius 3 is 2.57 bits per heavy atom. The van der Waals surface area contributed by atoms with Crippen LogP contribution < -0.4 is 9.62 Å². The summed E-state index contributed by atoms with van der Waals surface area (Å²) in [7, 11) is -2.84. The summed E-state index contributed by atoms with van der Waals surface area (Å²) < 4.78 is 54.0. The van der Waals surface area contributed by atoms with Crippen molar-refractivity contribution in [3.05, 3.63) is 35.1 Å². The standard InChI is InChI=1S/C12H9ClF2N4O3S/c1-18-12(13)10(4-16-18)23(21,22)19-5-11(20)17-8-2-6(14)7(15)3-9(8)19/h2-4H,5H2,1H3,(H,17,20). The fraction of sp³-hybridized carbons (Fsp3) is 0.167. The number of hydrogen-bond acceptors (Lipinski definition) is 4. The number of benzene rings is 1. The summed E-state index contributed by atoms with van der Waals surface area (Å²) in [5.74, 6) is -3.13. The molecule has 3 rings (SSSR count). The van der Waals surface area contributed by atoms with Gasteiger partial charge >= 0.3 is 0 Å². The van der Waals surface area contributed by atoms with Crippen LogP contribution in [0.2, 0.25) is 5.15 Å². The van der Waals surface area contributed by atoms with Crippen molar-refractivity contribution in [3.63, 3.8) is 0 Å². The van der Waals surface area contributed by atoms with Gasteiger partial charge in [0.1, 0.15) is 16.6 Å². The molecule has 23 heavy (non-hydrogen) atoms. The molecule has 0 saturated heterocycles. The molecule has 11 heteroatoms. The summed E-state index contributed by atoms with van der Waals surface area (Å²) >= 11 is 5.89. The second-order valence-corrected chi connectivity index (χ2v) is 6.96. The van der Waals surface area contributed by atoms with Crippen LogP contribution >= 0.6 is 11.6 Å². The lowest BCUT2D eigenvalue weighted by atomic mass is 10.2. The molecule has 2 heterocycles. The number of rotatable bonds is 2. The van der Waals surface area contributed by atoms with Crippen LogP contribution in [0.15, 0.2) is 23.2 Å². The number of nitrogens with zero attached hydrogens (tertiary/aromatic N) is 3. The number of aromatic nitrogens is 2. The Kier molecular flexibility index (Phi) is 3.52. The highest BCUT2D eigenvalue weighted by atomic mass is 35.5. The molecule has 1 aromatic carbocycles. The molecule has 0 atom stereocenters. The SMILES string of the molecule is Cn1ncc(S(=O)(=O)N2CC(=O)Nc3cc(F)c(F)cc32)c1Cl. The Labute approximate surface area is 134 Å². The fourth-order valence-corrected chi connectivity index (χ4v) is 4.00. The van der Waals surface area contributed by atoms with E-state index in [1.807, 2.05) is 0 Å². The van der Waals surface area contributed by atoms with Crippen LogP contribution in [0.5, 0.6) is 0 Å². The van der Waals surface area contributed by atoms with Crippen LogP contribution in [0.4, 0.5) is 20.2 Å². The van der Waals surface area contributed by atoms with Crippen LogP contribution in [0.25, 0.3) is 0 Å². The van der Waals surface area contributed by atoms with E-state index in [2.05, 4.69) is 10.4 Å². The lowest BCUT2D eigenvalue weighted by Crippen LogP contribution is -2.42. The summed E-state index contributed by atoms with van der Waals surface area (Å²) in [4.78, 5) is 11.4. The first-order valence-corrected chi connectivity index (χ1v) is 8.02. The average Bonchev–Trinajstić information content (AvgIpc) is 2.80. The summed E-state index contributed by atoms with van der Waals surface area (Å²) in [6.07, 6.45) is 1.02. The van der Waals surface area contributed by atoms with E-state index in [4.69, 9.17) is 11.6 Å². The largest absolute Gasteiger partial charge is 0.323 e. The third kappa shape index (κ3) is 2.43. The van der Waals surface area contributed by atoms with Crippen LogP contribution in [-0.2, 0) is 21.9 Å². The second kappa shape index (κ2) is 5.17.